The van der Waals surface area contributed by atoms with Crippen LogP contribution in [-0.4, -0.2) is 44.2 Å². The molecule has 0 aliphatic carbocycles. The summed E-state index contributed by atoms with van der Waals surface area (Å²) in [6.07, 6.45) is 3.69. The van der Waals surface area contributed by atoms with Crippen molar-refractivity contribution >= 4 is 0 Å². The SMILES string of the molecule is O.O.O=[N+]([O-])[O-].O=[N+]([O-])[O-].c1ccc(C[NH2+]CC[NH2+]Cc2ccccn2)nc1. The Labute approximate surface area is 159 Å². The van der Waals surface area contributed by atoms with Crippen molar-refractivity contribution in [3.05, 3.63) is 90.8 Å². The third-order valence-corrected chi connectivity index (χ3v) is 2.73. The third kappa shape index (κ3) is 22.5. The van der Waals surface area contributed by atoms with Crippen molar-refractivity contribution in [3.63, 3.8) is 0 Å². The molecule has 2 aromatic heterocycles. The summed E-state index contributed by atoms with van der Waals surface area (Å²) in [5.41, 5.74) is 2.28. The van der Waals surface area contributed by atoms with E-state index >= 15 is 0 Å². The van der Waals surface area contributed by atoms with E-state index in [9.17, 15) is 0 Å². The number of nitrogens with two attached hydrogens (primary N) is 2. The summed E-state index contributed by atoms with van der Waals surface area (Å²) in [5, 5.41) is 34.1. The second-order valence-electron chi connectivity index (χ2n) is 4.65. The zero-order valence-electron chi connectivity index (χ0n) is 14.8. The van der Waals surface area contributed by atoms with E-state index < -0.39 is 10.2 Å². The molecule has 8 N–H and O–H groups in total. The molecular weight excluding hydrogens is 380 g/mol. The summed E-state index contributed by atoms with van der Waals surface area (Å²) in [6.45, 7) is 4.11. The monoisotopic (exact) mass is 404 g/mol. The fourth-order valence-corrected chi connectivity index (χ4v) is 1.77. The number of nitrogens with zero attached hydrogens (tertiary/aromatic N) is 4. The Morgan fingerprint density at radius 2 is 1.04 bits per heavy atom. The first kappa shape index (κ1) is 29.3. The molecule has 0 bridgehead atoms. The number of rotatable bonds is 7. The van der Waals surface area contributed by atoms with Crippen molar-refractivity contribution in [3.8, 4) is 0 Å². The Balaban J connectivity index is -0.000000537. The van der Waals surface area contributed by atoms with Crippen LogP contribution in [0.4, 0.5) is 0 Å². The van der Waals surface area contributed by atoms with Gasteiger partial charge < -0.3 is 52.2 Å². The lowest BCUT2D eigenvalue weighted by molar-refractivity contribution is -0.738. The smallest absolute Gasteiger partial charge is 0.126 e. The Kier molecular flexibility index (Phi) is 20.8. The lowest BCUT2D eigenvalue weighted by Crippen LogP contribution is -2.93. The van der Waals surface area contributed by atoms with Crippen LogP contribution in [0.2, 0.25) is 0 Å². The van der Waals surface area contributed by atoms with E-state index in [4.69, 9.17) is 30.6 Å². The summed E-state index contributed by atoms with van der Waals surface area (Å²) in [5.74, 6) is 0. The maximum atomic E-state index is 8.25. The van der Waals surface area contributed by atoms with Crippen LogP contribution in [0, 0.1) is 30.6 Å². The fraction of sp³-hybridized carbons (Fsp3) is 0.286. The first-order valence-corrected chi connectivity index (χ1v) is 7.48. The topological polar surface area (TPSA) is 254 Å². The summed E-state index contributed by atoms with van der Waals surface area (Å²) in [7, 11) is 0. The van der Waals surface area contributed by atoms with Gasteiger partial charge in [-0.05, 0) is 24.3 Å². The summed E-state index contributed by atoms with van der Waals surface area (Å²) < 4.78 is 0. The lowest BCUT2D eigenvalue weighted by atomic mass is 10.3. The Hall–Kier alpha value is -3.46. The molecule has 0 spiro atoms. The van der Waals surface area contributed by atoms with Crippen LogP contribution < -0.4 is 10.6 Å². The molecule has 0 unspecified atom stereocenters. The minimum absolute atomic E-state index is 0. The molecule has 0 saturated heterocycles. The van der Waals surface area contributed by atoms with Crippen LogP contribution in [-0.2, 0) is 13.1 Å². The second kappa shape index (κ2) is 19.9. The van der Waals surface area contributed by atoms with E-state index in [0.29, 0.717) is 0 Å². The van der Waals surface area contributed by atoms with Gasteiger partial charge in [0.2, 0.25) is 0 Å². The van der Waals surface area contributed by atoms with Gasteiger partial charge in [-0.1, -0.05) is 12.1 Å². The molecule has 2 heterocycles. The van der Waals surface area contributed by atoms with Crippen LogP contribution in [0.25, 0.3) is 0 Å². The molecule has 0 atom stereocenters. The van der Waals surface area contributed by atoms with Gasteiger partial charge in [0.25, 0.3) is 0 Å². The molecule has 0 aromatic carbocycles. The molecule has 14 nitrogen and oxygen atoms in total. The van der Waals surface area contributed by atoms with Crippen molar-refractivity contribution < 1.29 is 31.8 Å². The Bertz CT molecular complexity index is 556. The highest BCUT2D eigenvalue weighted by Gasteiger charge is 1.98. The van der Waals surface area contributed by atoms with Gasteiger partial charge in [-0.3, -0.25) is 9.97 Å². The van der Waals surface area contributed by atoms with Gasteiger partial charge in [0, 0.05) is 12.4 Å². The standard InChI is InChI=1S/C14H18N4.2NO3.2H2O/c1-3-7-17-13(5-1)11-15-9-10-16-12-14-6-2-4-8-18-14;2*2-1(3)4;;/h1-8,15-16H,9-12H2;;;2*1H2/q;2*-1;;/p+2. The van der Waals surface area contributed by atoms with Crippen LogP contribution in [0.5, 0.6) is 0 Å². The second-order valence-corrected chi connectivity index (χ2v) is 4.65. The molecule has 0 fully saturated rings. The van der Waals surface area contributed by atoms with E-state index in [1.807, 2.05) is 36.7 Å². The highest BCUT2D eigenvalue weighted by Crippen LogP contribution is 1.89. The zero-order chi connectivity index (χ0) is 19.6. The van der Waals surface area contributed by atoms with Crippen molar-refractivity contribution in [2.45, 2.75) is 13.1 Å². The number of hydrogen-bond acceptors (Lipinski definition) is 8. The predicted octanol–water partition coefficient (Wildman–Crippen LogP) is -2.82. The average Bonchev–Trinajstić information content (AvgIpc) is 2.59. The maximum absolute atomic E-state index is 8.25. The lowest BCUT2D eigenvalue weighted by Gasteiger charge is -2.01. The molecular formula is C14H24N6O8. The summed E-state index contributed by atoms with van der Waals surface area (Å²) in [6, 6.07) is 12.1. The molecule has 2 rings (SSSR count). The van der Waals surface area contributed by atoms with Crippen LogP contribution >= 0.6 is 0 Å². The van der Waals surface area contributed by atoms with E-state index in [1.165, 1.54) is 0 Å². The van der Waals surface area contributed by atoms with Gasteiger partial charge in [-0.15, -0.1) is 0 Å². The normalized spacial score (nSPS) is 8.43. The molecule has 2 aromatic rings. The van der Waals surface area contributed by atoms with Crippen molar-refractivity contribution in [2.75, 3.05) is 13.1 Å². The summed E-state index contributed by atoms with van der Waals surface area (Å²) in [4.78, 5) is 25.1. The molecule has 14 heteroatoms. The van der Waals surface area contributed by atoms with Crippen LogP contribution in [0.3, 0.4) is 0 Å². The van der Waals surface area contributed by atoms with E-state index in [-0.39, 0.29) is 11.0 Å². The highest BCUT2D eigenvalue weighted by atomic mass is 16.9. The number of aromatic nitrogens is 2. The largest absolute Gasteiger partial charge is 0.412 e. The molecule has 158 valence electrons. The van der Waals surface area contributed by atoms with Gasteiger partial charge in [0.15, 0.2) is 0 Å². The van der Waals surface area contributed by atoms with Crippen LogP contribution in [0.15, 0.2) is 48.8 Å². The van der Waals surface area contributed by atoms with E-state index in [1.54, 1.807) is 0 Å². The van der Waals surface area contributed by atoms with Crippen molar-refractivity contribution in [2.24, 2.45) is 0 Å². The van der Waals surface area contributed by atoms with Crippen LogP contribution in [0.1, 0.15) is 11.4 Å². The Morgan fingerprint density at radius 1 is 0.714 bits per heavy atom. The zero-order valence-corrected chi connectivity index (χ0v) is 14.8. The predicted molar refractivity (Wildman–Crippen MR) is 97.4 cm³/mol. The summed E-state index contributed by atoms with van der Waals surface area (Å²) >= 11 is 0. The minimum Gasteiger partial charge on any atom is -0.412 e. The third-order valence-electron chi connectivity index (χ3n) is 2.73. The molecule has 0 amide bonds. The minimum atomic E-state index is -1.75. The van der Waals surface area contributed by atoms with Gasteiger partial charge in [-0.25, -0.2) is 0 Å². The van der Waals surface area contributed by atoms with Gasteiger partial charge in [-0.2, -0.15) is 0 Å². The number of pyridine rings is 2. The molecule has 28 heavy (non-hydrogen) atoms. The number of quaternary nitrogens is 2. The van der Waals surface area contributed by atoms with Gasteiger partial charge in [0.1, 0.15) is 26.2 Å². The molecule has 0 aliphatic heterocycles. The average molecular weight is 404 g/mol. The molecule has 0 aliphatic rings. The molecule has 0 radical (unpaired) electrons. The maximum Gasteiger partial charge on any atom is 0.126 e. The van der Waals surface area contributed by atoms with E-state index in [0.717, 1.165) is 37.6 Å². The highest BCUT2D eigenvalue weighted by molar-refractivity contribution is 5.02. The van der Waals surface area contributed by atoms with E-state index in [2.05, 4.69) is 32.7 Å². The molecule has 0 saturated carbocycles. The van der Waals surface area contributed by atoms with Gasteiger partial charge >= 0.3 is 0 Å². The van der Waals surface area contributed by atoms with Gasteiger partial charge in [0.05, 0.1) is 21.6 Å². The fourth-order valence-electron chi connectivity index (χ4n) is 1.77. The van der Waals surface area contributed by atoms with Crippen molar-refractivity contribution in [1.82, 2.24) is 9.97 Å². The quantitative estimate of drug-likeness (QED) is 0.275. The first-order chi connectivity index (χ1) is 12.4. The Morgan fingerprint density at radius 3 is 1.29 bits per heavy atom. The first-order valence-electron chi connectivity index (χ1n) is 7.48. The van der Waals surface area contributed by atoms with Crippen molar-refractivity contribution in [1.29, 1.82) is 0 Å². The number of hydrogen-bond donors (Lipinski definition) is 2.